The summed E-state index contributed by atoms with van der Waals surface area (Å²) in [5.41, 5.74) is 7.38. The second kappa shape index (κ2) is 6.43. The van der Waals surface area contributed by atoms with Crippen LogP contribution in [0.2, 0.25) is 0 Å². The molecule has 120 valence electrons. The molecule has 1 aromatic carbocycles. The fraction of sp³-hybridized carbons (Fsp3) is 0.250. The summed E-state index contributed by atoms with van der Waals surface area (Å²) >= 11 is 0. The molecular weight excluding hydrogens is 296 g/mol. The van der Waals surface area contributed by atoms with Crippen molar-refractivity contribution in [1.82, 2.24) is 4.98 Å². The summed E-state index contributed by atoms with van der Waals surface area (Å²) in [6, 6.07) is 11.3. The number of benzene rings is 1. The summed E-state index contributed by atoms with van der Waals surface area (Å²) in [6.45, 7) is 2.55. The Labute approximate surface area is 133 Å². The Bertz CT molecular complexity index is 720. The number of para-hydroxylation sites is 1. The van der Waals surface area contributed by atoms with Crippen LogP contribution in [-0.2, 0) is 4.74 Å². The van der Waals surface area contributed by atoms with Crippen molar-refractivity contribution >= 4 is 23.4 Å². The van der Waals surface area contributed by atoms with Gasteiger partial charge in [0.1, 0.15) is 24.0 Å². The molecule has 1 amide bonds. The van der Waals surface area contributed by atoms with Gasteiger partial charge in [0.15, 0.2) is 0 Å². The first-order chi connectivity index (χ1) is 11.2. The smallest absolute Gasteiger partial charge is 0.411 e. The fourth-order valence-corrected chi connectivity index (χ4v) is 2.40. The van der Waals surface area contributed by atoms with Gasteiger partial charge in [-0.3, -0.25) is 5.32 Å². The van der Waals surface area contributed by atoms with Gasteiger partial charge in [-0.05, 0) is 25.1 Å². The largest absolute Gasteiger partial charge is 0.491 e. The number of ether oxygens (including phenoxy) is 2. The van der Waals surface area contributed by atoms with Gasteiger partial charge < -0.3 is 20.5 Å². The summed E-state index contributed by atoms with van der Waals surface area (Å²) < 4.78 is 10.4. The number of hydrogen-bond acceptors (Lipinski definition) is 6. The first-order valence-corrected chi connectivity index (χ1v) is 7.36. The van der Waals surface area contributed by atoms with E-state index in [9.17, 15) is 4.79 Å². The molecule has 1 aliphatic heterocycles. The average Bonchev–Trinajstić information content (AvgIpc) is 2.94. The number of nitrogens with one attached hydrogen (secondary N) is 2. The minimum atomic E-state index is -0.556. The molecule has 2 aromatic rings. The second-order valence-corrected chi connectivity index (χ2v) is 5.02. The highest BCUT2D eigenvalue weighted by atomic mass is 16.5. The quantitative estimate of drug-likeness (QED) is 0.802. The molecule has 7 heteroatoms. The Hall–Kier alpha value is -2.96. The van der Waals surface area contributed by atoms with Crippen LogP contribution in [0.3, 0.4) is 0 Å². The van der Waals surface area contributed by atoms with E-state index in [1.54, 1.807) is 19.1 Å². The van der Waals surface area contributed by atoms with Gasteiger partial charge in [0.25, 0.3) is 0 Å². The van der Waals surface area contributed by atoms with Crippen molar-refractivity contribution < 1.29 is 14.3 Å². The van der Waals surface area contributed by atoms with Crippen LogP contribution in [-0.4, -0.2) is 24.3 Å². The van der Waals surface area contributed by atoms with E-state index in [4.69, 9.17) is 15.2 Å². The summed E-state index contributed by atoms with van der Waals surface area (Å²) in [6.07, 6.45) is -0.556. The maximum Gasteiger partial charge on any atom is 0.411 e. The van der Waals surface area contributed by atoms with E-state index in [-0.39, 0.29) is 11.9 Å². The van der Waals surface area contributed by atoms with Gasteiger partial charge in [-0.2, -0.15) is 0 Å². The van der Waals surface area contributed by atoms with Gasteiger partial charge in [-0.25, -0.2) is 9.78 Å². The maximum atomic E-state index is 11.4. The minimum absolute atomic E-state index is 0.0157. The Balaban J connectivity index is 1.70. The number of nitrogens with zero attached hydrogens (tertiary/aromatic N) is 1. The molecule has 7 nitrogen and oxygen atoms in total. The number of aromatic nitrogens is 1. The Morgan fingerprint density at radius 1 is 1.39 bits per heavy atom. The van der Waals surface area contributed by atoms with Gasteiger partial charge in [-0.1, -0.05) is 18.2 Å². The molecule has 0 saturated heterocycles. The number of rotatable bonds is 4. The van der Waals surface area contributed by atoms with Crippen LogP contribution in [0.25, 0.3) is 0 Å². The molecule has 2 heterocycles. The number of carbonyl (C=O) groups is 1. The number of pyridine rings is 1. The summed E-state index contributed by atoms with van der Waals surface area (Å²) in [5.74, 6) is 1.70. The summed E-state index contributed by atoms with van der Waals surface area (Å²) in [4.78, 5) is 15.7. The first-order valence-electron chi connectivity index (χ1n) is 7.36. The van der Waals surface area contributed by atoms with Gasteiger partial charge in [0, 0.05) is 5.56 Å². The van der Waals surface area contributed by atoms with Crippen molar-refractivity contribution in [2.75, 3.05) is 29.6 Å². The van der Waals surface area contributed by atoms with Gasteiger partial charge in [0.2, 0.25) is 0 Å². The van der Waals surface area contributed by atoms with Crippen molar-refractivity contribution in [3.63, 3.8) is 0 Å². The highest BCUT2D eigenvalue weighted by Gasteiger charge is 2.23. The first kappa shape index (κ1) is 15.0. The number of amides is 1. The normalized spacial score (nSPS) is 15.4. The van der Waals surface area contributed by atoms with Crippen LogP contribution in [0.15, 0.2) is 36.4 Å². The molecule has 0 radical (unpaired) electrons. The Morgan fingerprint density at radius 3 is 3.00 bits per heavy atom. The van der Waals surface area contributed by atoms with Gasteiger partial charge >= 0.3 is 6.09 Å². The molecule has 1 atom stereocenters. The number of nitrogens with two attached hydrogens (primary N) is 1. The van der Waals surface area contributed by atoms with E-state index < -0.39 is 6.09 Å². The number of fused-ring (bicyclic) bond motifs is 1. The third kappa shape index (κ3) is 3.28. The molecule has 3 rings (SSSR count). The number of anilines is 3. The number of nitrogen functional groups attached to an aromatic ring is 1. The molecule has 1 unspecified atom stereocenters. The zero-order chi connectivity index (χ0) is 16.2. The van der Waals surface area contributed by atoms with Crippen molar-refractivity contribution in [1.29, 1.82) is 0 Å². The highest BCUT2D eigenvalue weighted by Crippen LogP contribution is 2.34. The van der Waals surface area contributed by atoms with Crippen LogP contribution >= 0.6 is 0 Å². The molecule has 0 aliphatic carbocycles. The van der Waals surface area contributed by atoms with Gasteiger partial charge in [-0.15, -0.1) is 0 Å². The standard InChI is InChI=1S/C16H18N4O3/c1-2-22-16(21)19-11-7-8-14(20-15(11)17)18-12-9-23-13-6-4-3-5-10(12)13/h3-8,12H,2,9H2,1H3,(H,19,21)(H3,17,18,20). The average molecular weight is 314 g/mol. The van der Waals surface area contributed by atoms with Crippen molar-refractivity contribution in [3.05, 3.63) is 42.0 Å². The van der Waals surface area contributed by atoms with Crippen molar-refractivity contribution in [2.45, 2.75) is 13.0 Å². The van der Waals surface area contributed by atoms with Crippen molar-refractivity contribution in [3.8, 4) is 5.75 Å². The third-order valence-electron chi connectivity index (χ3n) is 3.46. The molecule has 0 spiro atoms. The lowest BCUT2D eigenvalue weighted by Gasteiger charge is -2.14. The van der Waals surface area contributed by atoms with Crippen LogP contribution in [0.4, 0.5) is 22.1 Å². The van der Waals surface area contributed by atoms with E-state index in [1.807, 2.05) is 24.3 Å². The van der Waals surface area contributed by atoms with Crippen molar-refractivity contribution in [2.24, 2.45) is 0 Å². The van der Waals surface area contributed by atoms with Crippen LogP contribution in [0.1, 0.15) is 18.5 Å². The zero-order valence-corrected chi connectivity index (χ0v) is 12.7. The maximum absolute atomic E-state index is 11.4. The van der Waals surface area contributed by atoms with E-state index >= 15 is 0 Å². The molecule has 1 aliphatic rings. The lowest BCUT2D eigenvalue weighted by atomic mass is 10.1. The van der Waals surface area contributed by atoms with E-state index in [2.05, 4.69) is 15.6 Å². The summed E-state index contributed by atoms with van der Waals surface area (Å²) in [7, 11) is 0. The molecule has 23 heavy (non-hydrogen) atoms. The number of hydrogen-bond donors (Lipinski definition) is 3. The van der Waals surface area contributed by atoms with E-state index in [1.165, 1.54) is 0 Å². The molecular formula is C16H18N4O3. The third-order valence-corrected chi connectivity index (χ3v) is 3.46. The van der Waals surface area contributed by atoms with E-state index in [0.29, 0.717) is 24.7 Å². The predicted octanol–water partition coefficient (Wildman–Crippen LogP) is 2.78. The van der Waals surface area contributed by atoms with E-state index in [0.717, 1.165) is 11.3 Å². The molecule has 0 fully saturated rings. The molecule has 0 saturated carbocycles. The van der Waals surface area contributed by atoms with Gasteiger partial charge in [0.05, 0.1) is 18.3 Å². The lowest BCUT2D eigenvalue weighted by molar-refractivity contribution is 0.168. The monoisotopic (exact) mass is 314 g/mol. The number of carbonyl (C=O) groups excluding carboxylic acids is 1. The van der Waals surface area contributed by atoms with Crippen LogP contribution in [0.5, 0.6) is 5.75 Å². The summed E-state index contributed by atoms with van der Waals surface area (Å²) in [5, 5.41) is 5.83. The topological polar surface area (TPSA) is 98.5 Å². The Kier molecular flexibility index (Phi) is 4.18. The zero-order valence-electron chi connectivity index (χ0n) is 12.7. The SMILES string of the molecule is CCOC(=O)Nc1ccc(NC2COc3ccccc32)nc1N. The second-order valence-electron chi connectivity index (χ2n) is 5.02. The fourth-order valence-electron chi connectivity index (χ4n) is 2.40. The minimum Gasteiger partial charge on any atom is -0.491 e. The molecule has 4 N–H and O–H groups in total. The highest BCUT2D eigenvalue weighted by molar-refractivity contribution is 5.88. The molecule has 1 aromatic heterocycles. The predicted molar refractivity (Wildman–Crippen MR) is 87.6 cm³/mol. The lowest BCUT2D eigenvalue weighted by Crippen LogP contribution is -2.16. The van der Waals surface area contributed by atoms with Crippen LogP contribution in [0, 0.1) is 0 Å². The molecule has 0 bridgehead atoms. The van der Waals surface area contributed by atoms with Crippen LogP contribution < -0.4 is 21.1 Å². The Morgan fingerprint density at radius 2 is 2.22 bits per heavy atom.